The summed E-state index contributed by atoms with van der Waals surface area (Å²) in [4.78, 5) is 15.1. The molecule has 2 aliphatic rings. The van der Waals surface area contributed by atoms with Crippen molar-refractivity contribution in [3.63, 3.8) is 0 Å². The molecule has 1 saturated carbocycles. The minimum absolute atomic E-state index is 0.116. The molecule has 8 nitrogen and oxygen atoms in total. The molecule has 0 spiro atoms. The van der Waals surface area contributed by atoms with Crippen LogP contribution in [0.5, 0.6) is 0 Å². The van der Waals surface area contributed by atoms with Crippen molar-refractivity contribution in [2.45, 2.75) is 38.1 Å². The maximum atomic E-state index is 13.1. The third-order valence-electron chi connectivity index (χ3n) is 5.94. The maximum absolute atomic E-state index is 13.1. The molecule has 8 heteroatoms. The molecule has 1 amide bonds. The van der Waals surface area contributed by atoms with E-state index in [4.69, 9.17) is 4.42 Å². The van der Waals surface area contributed by atoms with Gasteiger partial charge in [-0.05, 0) is 42.9 Å². The first kappa shape index (κ1) is 16.2. The van der Waals surface area contributed by atoms with Crippen LogP contribution < -0.4 is 0 Å². The van der Waals surface area contributed by atoms with Crippen LogP contribution in [-0.2, 0) is 16.8 Å². The van der Waals surface area contributed by atoms with E-state index >= 15 is 0 Å². The largest absolute Gasteiger partial charge is 0.423 e. The smallest absolute Gasteiger partial charge is 0.242 e. The van der Waals surface area contributed by atoms with Crippen LogP contribution in [0.15, 0.2) is 41.3 Å². The quantitative estimate of drug-likeness (QED) is 0.704. The molecular weight excluding hydrogens is 344 g/mol. The van der Waals surface area contributed by atoms with E-state index in [0.29, 0.717) is 24.1 Å². The Kier molecular flexibility index (Phi) is 3.60. The lowest BCUT2D eigenvalue weighted by molar-refractivity contribution is -0.141. The number of hydrogen-bond donors (Lipinski definition) is 0. The third-order valence-corrected chi connectivity index (χ3v) is 5.94. The van der Waals surface area contributed by atoms with Crippen molar-refractivity contribution in [1.29, 1.82) is 0 Å². The predicted molar refractivity (Wildman–Crippen MR) is 94.8 cm³/mol. The second kappa shape index (κ2) is 6.00. The molecule has 2 atom stereocenters. The zero-order valence-corrected chi connectivity index (χ0v) is 15.1. The predicted octanol–water partition coefficient (Wildman–Crippen LogP) is 2.04. The number of amides is 1. The van der Waals surface area contributed by atoms with Crippen LogP contribution >= 0.6 is 0 Å². The van der Waals surface area contributed by atoms with Gasteiger partial charge in [0.05, 0.1) is 6.42 Å². The highest BCUT2D eigenvalue weighted by atomic mass is 16.4. The second-order valence-electron chi connectivity index (χ2n) is 7.33. The minimum Gasteiger partial charge on any atom is -0.423 e. The van der Waals surface area contributed by atoms with Crippen LogP contribution in [0.3, 0.4) is 0 Å². The SMILES string of the molecule is Cc1nnc([C@]23CC[C@H]2CCN3C(=O)Cc2ccc(-n3cnnc3)cc2)o1. The normalized spacial score (nSPS) is 23.9. The molecule has 3 aromatic rings. The summed E-state index contributed by atoms with van der Waals surface area (Å²) in [6, 6.07) is 7.90. The van der Waals surface area contributed by atoms with Gasteiger partial charge in [0, 0.05) is 19.2 Å². The topological polar surface area (TPSA) is 89.9 Å². The first-order valence-electron chi connectivity index (χ1n) is 9.22. The van der Waals surface area contributed by atoms with Crippen molar-refractivity contribution in [1.82, 2.24) is 29.9 Å². The van der Waals surface area contributed by atoms with E-state index in [9.17, 15) is 4.79 Å². The van der Waals surface area contributed by atoms with E-state index in [0.717, 1.165) is 37.1 Å². The molecule has 0 N–H and O–H groups in total. The fraction of sp³-hybridized carbons (Fsp3) is 0.421. The number of carbonyl (C=O) groups is 1. The number of carbonyl (C=O) groups excluding carboxylic acids is 1. The Morgan fingerprint density at radius 3 is 2.59 bits per heavy atom. The molecule has 1 aromatic carbocycles. The van der Waals surface area contributed by atoms with Crippen LogP contribution in [0, 0.1) is 12.8 Å². The number of rotatable bonds is 4. The molecule has 0 radical (unpaired) electrons. The standard InChI is InChI=1S/C19H20N6O2/c1-13-22-23-18(27-13)19-8-6-15(19)7-9-25(19)17(26)10-14-2-4-16(5-3-14)24-11-20-21-12-24/h2-5,11-12,15H,6-10H2,1H3/t15-,19-/m0/s1. The number of fused-ring (bicyclic) bond motifs is 1. The summed E-state index contributed by atoms with van der Waals surface area (Å²) in [6.07, 6.45) is 6.68. The molecular formula is C19H20N6O2. The van der Waals surface area contributed by atoms with Gasteiger partial charge in [-0.2, -0.15) is 0 Å². The Balaban J connectivity index is 1.36. The highest BCUT2D eigenvalue weighted by molar-refractivity contribution is 5.80. The lowest BCUT2D eigenvalue weighted by Crippen LogP contribution is -2.54. The van der Waals surface area contributed by atoms with Gasteiger partial charge in [0.1, 0.15) is 18.2 Å². The highest BCUT2D eigenvalue weighted by Crippen LogP contribution is 2.56. The molecule has 1 aliphatic carbocycles. The molecule has 1 aliphatic heterocycles. The van der Waals surface area contributed by atoms with Crippen molar-refractivity contribution < 1.29 is 9.21 Å². The van der Waals surface area contributed by atoms with E-state index in [1.165, 1.54) is 0 Å². The Labute approximate surface area is 156 Å². The first-order chi connectivity index (χ1) is 13.2. The molecule has 1 saturated heterocycles. The summed E-state index contributed by atoms with van der Waals surface area (Å²) in [5.41, 5.74) is 1.56. The van der Waals surface area contributed by atoms with Crippen LogP contribution in [-0.4, -0.2) is 42.3 Å². The van der Waals surface area contributed by atoms with Crippen LogP contribution in [0.4, 0.5) is 0 Å². The third kappa shape index (κ3) is 2.47. The van der Waals surface area contributed by atoms with Gasteiger partial charge >= 0.3 is 0 Å². The Hall–Kier alpha value is -3.03. The average Bonchev–Trinajstić information content (AvgIpc) is 3.37. The van der Waals surface area contributed by atoms with Gasteiger partial charge in [-0.25, -0.2) is 0 Å². The van der Waals surface area contributed by atoms with Crippen molar-refractivity contribution in [3.05, 3.63) is 54.3 Å². The number of likely N-dealkylation sites (tertiary alicyclic amines) is 1. The van der Waals surface area contributed by atoms with Gasteiger partial charge in [0.25, 0.3) is 0 Å². The van der Waals surface area contributed by atoms with Gasteiger partial charge in [-0.15, -0.1) is 20.4 Å². The first-order valence-corrected chi connectivity index (χ1v) is 9.22. The number of aryl methyl sites for hydroxylation is 1. The number of hydrogen-bond acceptors (Lipinski definition) is 6. The van der Waals surface area contributed by atoms with E-state index in [2.05, 4.69) is 20.4 Å². The van der Waals surface area contributed by atoms with Crippen molar-refractivity contribution in [2.75, 3.05) is 6.54 Å². The van der Waals surface area contributed by atoms with Gasteiger partial charge in [-0.1, -0.05) is 12.1 Å². The van der Waals surface area contributed by atoms with Crippen LogP contribution in [0.25, 0.3) is 5.69 Å². The average molecular weight is 364 g/mol. The van der Waals surface area contributed by atoms with Gasteiger partial charge in [-0.3, -0.25) is 9.36 Å². The minimum atomic E-state index is -0.388. The Morgan fingerprint density at radius 2 is 1.96 bits per heavy atom. The summed E-state index contributed by atoms with van der Waals surface area (Å²) >= 11 is 0. The molecule has 138 valence electrons. The zero-order chi connectivity index (χ0) is 18.4. The molecule has 0 unspecified atom stereocenters. The Bertz CT molecular complexity index is 965. The summed E-state index contributed by atoms with van der Waals surface area (Å²) in [5, 5.41) is 15.9. The van der Waals surface area contributed by atoms with E-state index in [1.54, 1.807) is 19.6 Å². The van der Waals surface area contributed by atoms with Crippen molar-refractivity contribution in [2.24, 2.45) is 5.92 Å². The highest BCUT2D eigenvalue weighted by Gasteiger charge is 2.60. The summed E-state index contributed by atoms with van der Waals surface area (Å²) in [7, 11) is 0. The molecule has 2 fully saturated rings. The lowest BCUT2D eigenvalue weighted by atomic mass is 9.67. The van der Waals surface area contributed by atoms with Crippen LogP contribution in [0.2, 0.25) is 0 Å². The molecule has 3 heterocycles. The van der Waals surface area contributed by atoms with E-state index in [-0.39, 0.29) is 11.4 Å². The number of aromatic nitrogens is 5. The maximum Gasteiger partial charge on any atom is 0.242 e. The summed E-state index contributed by atoms with van der Waals surface area (Å²) < 4.78 is 7.58. The van der Waals surface area contributed by atoms with Gasteiger partial charge < -0.3 is 9.32 Å². The monoisotopic (exact) mass is 364 g/mol. The molecule has 0 bridgehead atoms. The summed E-state index contributed by atoms with van der Waals surface area (Å²) in [6.45, 7) is 2.54. The van der Waals surface area contributed by atoms with Gasteiger partial charge in [0.2, 0.25) is 17.7 Å². The summed E-state index contributed by atoms with van der Waals surface area (Å²) in [5.74, 6) is 1.70. The number of benzene rings is 1. The number of nitrogens with zero attached hydrogens (tertiary/aromatic N) is 6. The Morgan fingerprint density at radius 1 is 1.19 bits per heavy atom. The van der Waals surface area contributed by atoms with E-state index in [1.807, 2.05) is 33.7 Å². The fourth-order valence-electron chi connectivity index (χ4n) is 4.45. The molecule has 2 aromatic heterocycles. The fourth-order valence-corrected chi connectivity index (χ4v) is 4.45. The molecule has 5 rings (SSSR count). The van der Waals surface area contributed by atoms with Crippen LogP contribution in [0.1, 0.15) is 36.6 Å². The lowest BCUT2D eigenvalue weighted by Gasteiger charge is -2.47. The van der Waals surface area contributed by atoms with Crippen molar-refractivity contribution >= 4 is 5.91 Å². The second-order valence-corrected chi connectivity index (χ2v) is 7.33. The molecule has 27 heavy (non-hydrogen) atoms. The van der Waals surface area contributed by atoms with Crippen molar-refractivity contribution in [3.8, 4) is 5.69 Å². The van der Waals surface area contributed by atoms with Gasteiger partial charge in [0.15, 0.2) is 0 Å². The van der Waals surface area contributed by atoms with E-state index < -0.39 is 0 Å². The zero-order valence-electron chi connectivity index (χ0n) is 15.1.